The zero-order valence-electron chi connectivity index (χ0n) is 16.5. The van der Waals surface area contributed by atoms with Gasteiger partial charge in [-0.2, -0.15) is 13.5 Å². The van der Waals surface area contributed by atoms with Crippen LogP contribution >= 0.6 is 141 Å². The van der Waals surface area contributed by atoms with Crippen LogP contribution in [0, 0.1) is 0 Å². The zero-order valence-corrected chi connectivity index (χ0v) is 30.1. The van der Waals surface area contributed by atoms with E-state index in [0.29, 0.717) is 0 Å². The van der Waals surface area contributed by atoms with E-state index in [2.05, 4.69) is 176 Å². The summed E-state index contributed by atoms with van der Waals surface area (Å²) in [5.41, 5.74) is 4.68. The molecule has 0 atom stereocenters. The van der Waals surface area contributed by atoms with E-state index in [0.717, 1.165) is 35.8 Å². The predicted molar refractivity (Wildman–Crippen MR) is 176 cm³/mol. The first-order valence-corrected chi connectivity index (χ1v) is 15.3. The van der Waals surface area contributed by atoms with Crippen LogP contribution in [0.25, 0.3) is 22.3 Å². The molecule has 0 N–H and O–H groups in total. The highest BCUT2D eigenvalue weighted by Gasteiger charge is 2.04. The van der Waals surface area contributed by atoms with Crippen LogP contribution in [0.15, 0.2) is 109 Å². The maximum atomic E-state index is 3.49. The van der Waals surface area contributed by atoms with E-state index in [1.807, 2.05) is 24.3 Å². The maximum absolute atomic E-state index is 3.49. The molecule has 0 bridgehead atoms. The van der Waals surface area contributed by atoms with Gasteiger partial charge in [0.05, 0.1) is 0 Å². The van der Waals surface area contributed by atoms with Gasteiger partial charge in [-0.25, -0.2) is 0 Å². The molecule has 0 aliphatic carbocycles. The van der Waals surface area contributed by atoms with Gasteiger partial charge in [-0.3, -0.25) is 0 Å². The second-order valence-electron chi connectivity index (χ2n) is 6.63. The lowest BCUT2D eigenvalue weighted by Gasteiger charge is -2.05. The van der Waals surface area contributed by atoms with Crippen LogP contribution in [0.1, 0.15) is 0 Å². The van der Waals surface area contributed by atoms with Gasteiger partial charge in [-0.15, -0.1) is 0 Å². The molecule has 0 saturated heterocycles. The van der Waals surface area contributed by atoms with E-state index in [4.69, 9.17) is 0 Å². The van der Waals surface area contributed by atoms with Gasteiger partial charge < -0.3 is 0 Å². The Morgan fingerprint density at radius 3 is 0.485 bits per heavy atom. The lowest BCUT2D eigenvalue weighted by Crippen LogP contribution is -1.80. The largest absolute Gasteiger partial charge is 0.197 e. The van der Waals surface area contributed by atoms with Crippen molar-refractivity contribution in [2.45, 2.75) is 0 Å². The lowest BCUT2D eigenvalue weighted by atomic mass is 10.1. The molecule has 4 rings (SSSR count). The molecule has 0 nitrogen and oxygen atoms in total. The first-order chi connectivity index (χ1) is 15.1. The Morgan fingerprint density at radius 2 is 0.364 bits per heavy atom. The molecule has 0 heterocycles. The Morgan fingerprint density at radius 1 is 0.242 bits per heavy atom. The summed E-state index contributed by atoms with van der Waals surface area (Å²) in [4.78, 5) is 0. The SMILES string of the molecule is Brc1cc(Br)cc(-c2cc(Br)cc(Br)c2)c1.Brc1cc(Br)cc(-c2cc(Br)cc(Br)c2)c1.S. The average Bonchev–Trinajstić information content (AvgIpc) is 2.65. The molecule has 9 heteroatoms. The van der Waals surface area contributed by atoms with Crippen molar-refractivity contribution < 1.29 is 0 Å². The van der Waals surface area contributed by atoms with E-state index in [1.165, 1.54) is 22.3 Å². The summed E-state index contributed by atoms with van der Waals surface area (Å²) >= 11 is 28.0. The van der Waals surface area contributed by atoms with E-state index >= 15 is 0 Å². The highest BCUT2D eigenvalue weighted by Crippen LogP contribution is 2.33. The van der Waals surface area contributed by atoms with Gasteiger partial charge in [0.25, 0.3) is 0 Å². The van der Waals surface area contributed by atoms with Crippen LogP contribution in [0.2, 0.25) is 0 Å². The summed E-state index contributed by atoms with van der Waals surface area (Å²) in [6.45, 7) is 0. The molecule has 0 saturated carbocycles. The quantitative estimate of drug-likeness (QED) is 0.188. The third-order valence-corrected chi connectivity index (χ3v) is 7.78. The van der Waals surface area contributed by atoms with Gasteiger partial charge in [0.15, 0.2) is 0 Å². The standard InChI is InChI=1S/2C12H6Br4.H2S/c2*13-9-1-7(2-10(14)5-9)8-3-11(15)6-12(16)4-8;/h2*1-6H;1H2. The summed E-state index contributed by atoms with van der Waals surface area (Å²) in [6, 6.07) is 24.9. The molecule has 0 aliphatic heterocycles. The molecular weight excluding hydrogens is 960 g/mol. The summed E-state index contributed by atoms with van der Waals surface area (Å²) < 4.78 is 8.50. The maximum Gasteiger partial charge on any atom is 0.0192 e. The van der Waals surface area contributed by atoms with Gasteiger partial charge >= 0.3 is 0 Å². The molecule has 0 unspecified atom stereocenters. The summed E-state index contributed by atoms with van der Waals surface area (Å²) in [7, 11) is 0. The molecule has 33 heavy (non-hydrogen) atoms. The normalized spacial score (nSPS) is 10.2. The minimum absolute atomic E-state index is 0. The smallest absolute Gasteiger partial charge is 0.0192 e. The minimum Gasteiger partial charge on any atom is -0.197 e. The second-order valence-corrected chi connectivity index (χ2v) is 14.0. The molecular formula is C24H14Br8S. The van der Waals surface area contributed by atoms with Crippen molar-refractivity contribution in [3.63, 3.8) is 0 Å². The van der Waals surface area contributed by atoms with E-state index in [1.54, 1.807) is 0 Å². The number of halogens is 8. The first-order valence-electron chi connectivity index (χ1n) is 8.94. The molecule has 0 radical (unpaired) electrons. The average molecular weight is 974 g/mol. The summed E-state index contributed by atoms with van der Waals surface area (Å²) in [5, 5.41) is 0. The van der Waals surface area contributed by atoms with Crippen LogP contribution in [0.5, 0.6) is 0 Å². The molecule has 4 aromatic rings. The minimum atomic E-state index is 0. The van der Waals surface area contributed by atoms with Crippen molar-refractivity contribution in [3.05, 3.63) is 109 Å². The number of hydrogen-bond donors (Lipinski definition) is 0. The van der Waals surface area contributed by atoms with Crippen LogP contribution in [-0.4, -0.2) is 0 Å². The van der Waals surface area contributed by atoms with Crippen LogP contribution in [0.3, 0.4) is 0 Å². The first kappa shape index (κ1) is 30.3. The van der Waals surface area contributed by atoms with E-state index in [9.17, 15) is 0 Å². The van der Waals surface area contributed by atoms with Gasteiger partial charge in [-0.1, -0.05) is 127 Å². The van der Waals surface area contributed by atoms with Gasteiger partial charge in [0.2, 0.25) is 0 Å². The second kappa shape index (κ2) is 14.1. The van der Waals surface area contributed by atoms with Crippen LogP contribution < -0.4 is 0 Å². The fraction of sp³-hybridized carbons (Fsp3) is 0. The monoisotopic (exact) mass is 965 g/mol. The Balaban J connectivity index is 0.000000227. The molecule has 0 fully saturated rings. The molecule has 4 aromatic carbocycles. The lowest BCUT2D eigenvalue weighted by molar-refractivity contribution is 1.53. The van der Waals surface area contributed by atoms with Crippen molar-refractivity contribution in [1.29, 1.82) is 0 Å². The highest BCUT2D eigenvalue weighted by atomic mass is 79.9. The third-order valence-electron chi connectivity index (χ3n) is 4.12. The molecule has 0 aliphatic rings. The predicted octanol–water partition coefficient (Wildman–Crippen LogP) is 12.9. The molecule has 172 valence electrons. The fourth-order valence-electron chi connectivity index (χ4n) is 2.88. The number of rotatable bonds is 2. The Hall–Kier alpha value is 1.07. The van der Waals surface area contributed by atoms with Crippen LogP contribution in [0.4, 0.5) is 0 Å². The highest BCUT2D eigenvalue weighted by molar-refractivity contribution is 9.12. The number of benzene rings is 4. The summed E-state index contributed by atoms with van der Waals surface area (Å²) in [5.74, 6) is 0. The Kier molecular flexibility index (Phi) is 13.0. The topological polar surface area (TPSA) is 0 Å². The Bertz CT molecular complexity index is 995. The van der Waals surface area contributed by atoms with Crippen molar-refractivity contribution in [2.75, 3.05) is 0 Å². The fourth-order valence-corrected chi connectivity index (χ4v) is 8.06. The van der Waals surface area contributed by atoms with Gasteiger partial charge in [-0.05, 0) is 95.1 Å². The molecule has 0 aromatic heterocycles. The van der Waals surface area contributed by atoms with Gasteiger partial charge in [0.1, 0.15) is 0 Å². The van der Waals surface area contributed by atoms with E-state index in [-0.39, 0.29) is 13.5 Å². The third kappa shape index (κ3) is 9.80. The molecule has 0 spiro atoms. The zero-order chi connectivity index (χ0) is 23.4. The van der Waals surface area contributed by atoms with Crippen LogP contribution in [-0.2, 0) is 0 Å². The van der Waals surface area contributed by atoms with Crippen molar-refractivity contribution >= 4 is 141 Å². The molecule has 0 amide bonds. The summed E-state index contributed by atoms with van der Waals surface area (Å²) in [6.07, 6.45) is 0. The van der Waals surface area contributed by atoms with Gasteiger partial charge in [0, 0.05) is 35.8 Å². The van der Waals surface area contributed by atoms with Crippen molar-refractivity contribution in [1.82, 2.24) is 0 Å². The number of hydrogen-bond acceptors (Lipinski definition) is 0. The van der Waals surface area contributed by atoms with Crippen molar-refractivity contribution in [3.8, 4) is 22.3 Å². The van der Waals surface area contributed by atoms with E-state index < -0.39 is 0 Å². The van der Waals surface area contributed by atoms with Crippen molar-refractivity contribution in [2.24, 2.45) is 0 Å². The Labute approximate surface area is 268 Å².